The number of benzene rings is 2. The van der Waals surface area contributed by atoms with Gasteiger partial charge in [0, 0.05) is 13.1 Å². The lowest BCUT2D eigenvalue weighted by atomic mass is 10.1. The zero-order chi connectivity index (χ0) is 24.3. The van der Waals surface area contributed by atoms with Crippen molar-refractivity contribution in [2.45, 2.75) is 37.8 Å². The first-order valence-electron chi connectivity index (χ1n) is 10.2. The van der Waals surface area contributed by atoms with Crippen LogP contribution in [0.2, 0.25) is 10.0 Å². The van der Waals surface area contributed by atoms with Crippen LogP contribution in [0.25, 0.3) is 0 Å². The van der Waals surface area contributed by atoms with Crippen molar-refractivity contribution in [2.24, 2.45) is 0 Å². The highest BCUT2D eigenvalue weighted by Crippen LogP contribution is 2.30. The van der Waals surface area contributed by atoms with Crippen molar-refractivity contribution < 1.29 is 22.8 Å². The maximum Gasteiger partial charge on any atom is 0.269 e. The van der Waals surface area contributed by atoms with Crippen LogP contribution in [0.4, 0.5) is 0 Å². The van der Waals surface area contributed by atoms with E-state index in [1.54, 1.807) is 24.3 Å². The van der Waals surface area contributed by atoms with Crippen LogP contribution in [0.3, 0.4) is 0 Å². The number of carbonyl (C=O) groups excluding carboxylic acids is 3. The van der Waals surface area contributed by atoms with Crippen molar-refractivity contribution in [3.63, 3.8) is 0 Å². The fourth-order valence-corrected chi connectivity index (χ4v) is 5.25. The van der Waals surface area contributed by atoms with Crippen molar-refractivity contribution in [3.05, 3.63) is 63.6 Å². The molecule has 0 saturated heterocycles. The molecule has 0 radical (unpaired) electrons. The van der Waals surface area contributed by atoms with Crippen LogP contribution >= 0.6 is 23.2 Å². The van der Waals surface area contributed by atoms with E-state index < -0.39 is 40.3 Å². The molecule has 3 rings (SSSR count). The molecule has 176 valence electrons. The molecule has 0 bridgehead atoms. The number of nitrogens with zero attached hydrogens (tertiary/aromatic N) is 2. The van der Waals surface area contributed by atoms with Gasteiger partial charge in [0.05, 0.1) is 15.6 Å². The van der Waals surface area contributed by atoms with Gasteiger partial charge in [-0.15, -0.1) is 0 Å². The number of nitrogens with one attached hydrogen (secondary N) is 1. The first kappa shape index (κ1) is 25.0. The smallest absolute Gasteiger partial charge is 0.269 e. The average molecular weight is 512 g/mol. The SMILES string of the molecule is CCCNC(=O)[C@H](C)N(Cc1ccc(Cl)c(Cl)c1)C(=O)CN1C(=O)c2ccccc2S1(=O)=O. The quantitative estimate of drug-likeness (QED) is 0.586. The number of carbonyl (C=O) groups is 3. The molecule has 0 aromatic heterocycles. The van der Waals surface area contributed by atoms with E-state index in [0.717, 1.165) is 0 Å². The van der Waals surface area contributed by atoms with E-state index in [4.69, 9.17) is 23.2 Å². The molecule has 2 aromatic carbocycles. The summed E-state index contributed by atoms with van der Waals surface area (Å²) < 4.78 is 26.3. The summed E-state index contributed by atoms with van der Waals surface area (Å²) in [7, 11) is -4.17. The summed E-state index contributed by atoms with van der Waals surface area (Å²) in [6.07, 6.45) is 0.706. The summed E-state index contributed by atoms with van der Waals surface area (Å²) in [5.41, 5.74) is 0.599. The summed E-state index contributed by atoms with van der Waals surface area (Å²) >= 11 is 12.1. The molecule has 0 spiro atoms. The van der Waals surface area contributed by atoms with Gasteiger partial charge in [0.15, 0.2) is 0 Å². The second-order valence-electron chi connectivity index (χ2n) is 7.55. The van der Waals surface area contributed by atoms with Gasteiger partial charge in [0.25, 0.3) is 15.9 Å². The zero-order valence-corrected chi connectivity index (χ0v) is 20.4. The third-order valence-electron chi connectivity index (χ3n) is 5.24. The van der Waals surface area contributed by atoms with E-state index >= 15 is 0 Å². The predicted octanol–water partition coefficient (Wildman–Crippen LogP) is 3.08. The Morgan fingerprint density at radius 2 is 1.82 bits per heavy atom. The van der Waals surface area contributed by atoms with E-state index in [-0.39, 0.29) is 22.0 Å². The number of rotatable bonds is 8. The van der Waals surface area contributed by atoms with Gasteiger partial charge in [-0.3, -0.25) is 14.4 Å². The van der Waals surface area contributed by atoms with Crippen molar-refractivity contribution in [2.75, 3.05) is 13.1 Å². The van der Waals surface area contributed by atoms with Crippen molar-refractivity contribution in [3.8, 4) is 0 Å². The Hall–Kier alpha value is -2.62. The van der Waals surface area contributed by atoms with Gasteiger partial charge in [0.2, 0.25) is 11.8 Å². The summed E-state index contributed by atoms with van der Waals surface area (Å²) in [4.78, 5) is 39.7. The molecule has 0 unspecified atom stereocenters. The lowest BCUT2D eigenvalue weighted by Crippen LogP contribution is -2.51. The maximum atomic E-state index is 13.3. The third-order valence-corrected chi connectivity index (χ3v) is 7.77. The minimum Gasteiger partial charge on any atom is -0.354 e. The minimum absolute atomic E-state index is 0.00932. The van der Waals surface area contributed by atoms with Crippen LogP contribution in [-0.2, 0) is 26.2 Å². The van der Waals surface area contributed by atoms with Gasteiger partial charge in [0.1, 0.15) is 17.5 Å². The Labute approximate surface area is 202 Å². The summed E-state index contributed by atoms with van der Waals surface area (Å²) in [5.74, 6) is -1.88. The van der Waals surface area contributed by atoms with Crippen molar-refractivity contribution in [1.82, 2.24) is 14.5 Å². The molecule has 0 aliphatic carbocycles. The Kier molecular flexibility index (Phi) is 7.66. The molecule has 1 aliphatic heterocycles. The molecule has 3 amide bonds. The third kappa shape index (κ3) is 5.15. The second kappa shape index (κ2) is 10.1. The lowest BCUT2D eigenvalue weighted by molar-refractivity contribution is -0.140. The molecule has 2 aromatic rings. The van der Waals surface area contributed by atoms with Gasteiger partial charge in [-0.2, -0.15) is 0 Å². The number of hydrogen-bond donors (Lipinski definition) is 1. The molecular weight excluding hydrogens is 489 g/mol. The molecule has 1 heterocycles. The van der Waals surface area contributed by atoms with Crippen LogP contribution in [0, 0.1) is 0 Å². The molecule has 8 nitrogen and oxygen atoms in total. The lowest BCUT2D eigenvalue weighted by Gasteiger charge is -2.30. The molecule has 11 heteroatoms. The summed E-state index contributed by atoms with van der Waals surface area (Å²) in [5, 5.41) is 3.34. The van der Waals surface area contributed by atoms with Gasteiger partial charge in [-0.1, -0.05) is 48.3 Å². The average Bonchev–Trinajstić information content (AvgIpc) is 2.98. The van der Waals surface area contributed by atoms with Gasteiger partial charge >= 0.3 is 0 Å². The van der Waals surface area contributed by atoms with Gasteiger partial charge in [-0.25, -0.2) is 12.7 Å². The predicted molar refractivity (Wildman–Crippen MR) is 124 cm³/mol. The molecule has 1 atom stereocenters. The zero-order valence-electron chi connectivity index (χ0n) is 18.0. The normalized spacial score (nSPS) is 15.2. The van der Waals surface area contributed by atoms with E-state index in [0.29, 0.717) is 27.9 Å². The fourth-order valence-electron chi connectivity index (χ4n) is 3.41. The summed E-state index contributed by atoms with van der Waals surface area (Å²) in [6.45, 7) is 3.08. The number of hydrogen-bond acceptors (Lipinski definition) is 5. The van der Waals surface area contributed by atoms with Crippen LogP contribution in [0.15, 0.2) is 47.4 Å². The Morgan fingerprint density at radius 3 is 2.45 bits per heavy atom. The summed E-state index contributed by atoms with van der Waals surface area (Å²) in [6, 6.07) is 9.62. The highest BCUT2D eigenvalue weighted by Gasteiger charge is 2.43. The number of amides is 3. The van der Waals surface area contributed by atoms with Crippen molar-refractivity contribution >= 4 is 50.9 Å². The van der Waals surface area contributed by atoms with Crippen LogP contribution < -0.4 is 5.32 Å². The first-order valence-corrected chi connectivity index (χ1v) is 12.4. The molecule has 0 fully saturated rings. The monoisotopic (exact) mass is 511 g/mol. The highest BCUT2D eigenvalue weighted by atomic mass is 35.5. The van der Waals surface area contributed by atoms with E-state index in [2.05, 4.69) is 5.32 Å². The minimum atomic E-state index is -4.17. The molecule has 1 aliphatic rings. The standard InChI is InChI=1S/C22H23Cl2N3O5S/c1-3-10-25-21(29)14(2)26(12-15-8-9-17(23)18(24)11-15)20(28)13-27-22(30)16-6-4-5-7-19(16)33(27,31)32/h4-9,11,14H,3,10,12-13H2,1-2H3,(H,25,29)/t14-/m0/s1. The van der Waals surface area contributed by atoms with E-state index in [1.807, 2.05) is 6.92 Å². The van der Waals surface area contributed by atoms with Crippen LogP contribution in [0.5, 0.6) is 0 Å². The molecule has 0 saturated carbocycles. The second-order valence-corrected chi connectivity index (χ2v) is 10.2. The largest absolute Gasteiger partial charge is 0.354 e. The fraction of sp³-hybridized carbons (Fsp3) is 0.318. The van der Waals surface area contributed by atoms with E-state index in [9.17, 15) is 22.8 Å². The number of sulfonamides is 1. The van der Waals surface area contributed by atoms with Gasteiger partial charge < -0.3 is 10.2 Å². The Morgan fingerprint density at radius 1 is 1.12 bits per heavy atom. The van der Waals surface area contributed by atoms with Crippen LogP contribution in [0.1, 0.15) is 36.2 Å². The molecular formula is C22H23Cl2N3O5S. The van der Waals surface area contributed by atoms with Gasteiger partial charge in [-0.05, 0) is 43.2 Å². The molecule has 33 heavy (non-hydrogen) atoms. The number of fused-ring (bicyclic) bond motifs is 1. The van der Waals surface area contributed by atoms with Crippen molar-refractivity contribution in [1.29, 1.82) is 0 Å². The Balaban J connectivity index is 1.89. The first-order chi connectivity index (χ1) is 15.6. The van der Waals surface area contributed by atoms with Crippen LogP contribution in [-0.4, -0.2) is 54.5 Å². The highest BCUT2D eigenvalue weighted by molar-refractivity contribution is 7.90. The Bertz CT molecular complexity index is 1200. The number of halogens is 2. The maximum absolute atomic E-state index is 13.3. The molecule has 1 N–H and O–H groups in total. The van der Waals surface area contributed by atoms with E-state index in [1.165, 1.54) is 30.0 Å². The topological polar surface area (TPSA) is 104 Å².